The zero-order valence-corrected chi connectivity index (χ0v) is 19.1. The first-order valence-electron chi connectivity index (χ1n) is 9.82. The number of sulfonamides is 1. The van der Waals surface area contributed by atoms with Crippen LogP contribution >= 0.6 is 0 Å². The van der Waals surface area contributed by atoms with E-state index in [0.29, 0.717) is 22.4 Å². The summed E-state index contributed by atoms with van der Waals surface area (Å²) in [6, 6.07) is 10.1. The molecule has 0 saturated carbocycles. The Morgan fingerprint density at radius 2 is 1.67 bits per heavy atom. The molecule has 0 aliphatic rings. The molecule has 1 aromatic heterocycles. The van der Waals surface area contributed by atoms with Gasteiger partial charge in [0.05, 0.1) is 43.9 Å². The van der Waals surface area contributed by atoms with Gasteiger partial charge in [0.1, 0.15) is 0 Å². The minimum atomic E-state index is -4.08. The van der Waals surface area contributed by atoms with E-state index in [2.05, 4.69) is 9.72 Å². The molecule has 0 unspecified atom stereocenters. The van der Waals surface area contributed by atoms with E-state index in [1.54, 1.807) is 18.2 Å². The van der Waals surface area contributed by atoms with E-state index < -0.39 is 28.2 Å². The maximum atomic E-state index is 13.2. The quantitative estimate of drug-likeness (QED) is 0.444. The van der Waals surface area contributed by atoms with Crippen LogP contribution in [-0.4, -0.2) is 63.3 Å². The lowest BCUT2D eigenvalue weighted by molar-refractivity contribution is 0.0600. The summed E-state index contributed by atoms with van der Waals surface area (Å²) in [5.41, 5.74) is 0.392. The molecule has 0 fully saturated rings. The number of methoxy groups -OCH3 is 3. The van der Waals surface area contributed by atoms with Gasteiger partial charge in [0.2, 0.25) is 10.0 Å². The molecule has 1 heterocycles. The number of hydrogen-bond acceptors (Lipinski definition) is 8. The minimum absolute atomic E-state index is 0.0905. The largest absolute Gasteiger partial charge is 0.493 e. The summed E-state index contributed by atoms with van der Waals surface area (Å²) in [6.45, 7) is -0.957. The number of ether oxygens (including phenoxy) is 3. The molecule has 3 aromatic rings. The molecule has 3 rings (SSSR count). The van der Waals surface area contributed by atoms with E-state index >= 15 is 0 Å². The fourth-order valence-electron chi connectivity index (χ4n) is 3.31. The SMILES string of the molecule is COC(=O)c1ccc(S(=O)(=O)N(CCO)Cc2cc3cc(OC)c(OC)cc3[nH]c2=O)cc1. The number of fused-ring (bicyclic) bond motifs is 1. The van der Waals surface area contributed by atoms with Gasteiger partial charge in [0, 0.05) is 30.1 Å². The molecule has 0 atom stereocenters. The van der Waals surface area contributed by atoms with Crippen LogP contribution in [0.2, 0.25) is 0 Å². The lowest BCUT2D eigenvalue weighted by Crippen LogP contribution is -2.35. The predicted molar refractivity (Wildman–Crippen MR) is 120 cm³/mol. The molecule has 0 radical (unpaired) electrons. The fourth-order valence-corrected chi connectivity index (χ4v) is 4.72. The molecule has 0 amide bonds. The summed E-state index contributed by atoms with van der Waals surface area (Å²) in [5, 5.41) is 10.1. The molecule has 0 aliphatic carbocycles. The predicted octanol–water partition coefficient (Wildman–Crippen LogP) is 1.52. The Morgan fingerprint density at radius 1 is 1.03 bits per heavy atom. The van der Waals surface area contributed by atoms with Crippen molar-refractivity contribution in [2.75, 3.05) is 34.5 Å². The van der Waals surface area contributed by atoms with E-state index in [-0.39, 0.29) is 29.1 Å². The van der Waals surface area contributed by atoms with Gasteiger partial charge in [0.25, 0.3) is 5.56 Å². The number of aliphatic hydroxyl groups is 1. The van der Waals surface area contributed by atoms with Crippen LogP contribution in [0.3, 0.4) is 0 Å². The maximum absolute atomic E-state index is 13.2. The first-order chi connectivity index (χ1) is 15.7. The van der Waals surface area contributed by atoms with Crippen molar-refractivity contribution in [3.63, 3.8) is 0 Å². The normalized spacial score (nSPS) is 11.5. The molecular weight excluding hydrogens is 452 g/mol. The lowest BCUT2D eigenvalue weighted by atomic mass is 10.1. The number of nitrogens with zero attached hydrogens (tertiary/aromatic N) is 1. The number of carbonyl (C=O) groups is 1. The van der Waals surface area contributed by atoms with Crippen molar-refractivity contribution in [2.45, 2.75) is 11.4 Å². The number of H-pyrrole nitrogens is 1. The van der Waals surface area contributed by atoms with Gasteiger partial charge in [0.15, 0.2) is 11.5 Å². The minimum Gasteiger partial charge on any atom is -0.493 e. The third-order valence-electron chi connectivity index (χ3n) is 5.03. The zero-order chi connectivity index (χ0) is 24.2. The average molecular weight is 477 g/mol. The van der Waals surface area contributed by atoms with Gasteiger partial charge in [-0.3, -0.25) is 4.79 Å². The Balaban J connectivity index is 1.99. The number of aromatic amines is 1. The summed E-state index contributed by atoms with van der Waals surface area (Å²) in [5.74, 6) is 0.294. The molecular formula is C22H24N2O8S. The maximum Gasteiger partial charge on any atom is 0.337 e. The van der Waals surface area contributed by atoms with Gasteiger partial charge >= 0.3 is 5.97 Å². The summed E-state index contributed by atoms with van der Waals surface area (Å²) in [7, 11) is 0.106. The smallest absolute Gasteiger partial charge is 0.337 e. The number of rotatable bonds is 9. The molecule has 176 valence electrons. The summed E-state index contributed by atoms with van der Waals surface area (Å²) in [6.07, 6.45) is 0. The highest BCUT2D eigenvalue weighted by molar-refractivity contribution is 7.89. The number of aliphatic hydroxyl groups excluding tert-OH is 1. The van der Waals surface area contributed by atoms with Crippen LogP contribution in [0.15, 0.2) is 52.2 Å². The van der Waals surface area contributed by atoms with E-state index in [9.17, 15) is 23.1 Å². The van der Waals surface area contributed by atoms with Crippen LogP contribution in [0.5, 0.6) is 11.5 Å². The van der Waals surface area contributed by atoms with Crippen molar-refractivity contribution in [3.05, 3.63) is 63.9 Å². The van der Waals surface area contributed by atoms with E-state index in [1.807, 2.05) is 0 Å². The lowest BCUT2D eigenvalue weighted by Gasteiger charge is -2.21. The molecule has 2 N–H and O–H groups in total. The molecule has 0 aliphatic heterocycles. The molecule has 11 heteroatoms. The number of nitrogens with one attached hydrogen (secondary N) is 1. The van der Waals surface area contributed by atoms with Crippen molar-refractivity contribution in [1.82, 2.24) is 9.29 Å². The van der Waals surface area contributed by atoms with Gasteiger partial charge in [-0.2, -0.15) is 4.31 Å². The summed E-state index contributed by atoms with van der Waals surface area (Å²) < 4.78 is 42.5. The van der Waals surface area contributed by atoms with Crippen LogP contribution < -0.4 is 15.0 Å². The standard InChI is InChI=1S/C22H24N2O8S/c1-30-19-11-15-10-16(21(26)23-18(15)12-20(19)31-2)13-24(8-9-25)33(28,29)17-6-4-14(5-7-17)22(27)32-3/h4-7,10-12,25H,8-9,13H2,1-3H3,(H,23,26). The van der Waals surface area contributed by atoms with Crippen molar-refractivity contribution in [1.29, 1.82) is 0 Å². The Labute approximate surface area is 190 Å². The Kier molecular flexibility index (Phi) is 7.36. The van der Waals surface area contributed by atoms with Crippen LogP contribution in [0.1, 0.15) is 15.9 Å². The van der Waals surface area contributed by atoms with E-state index in [1.165, 1.54) is 45.6 Å². The van der Waals surface area contributed by atoms with E-state index in [4.69, 9.17) is 9.47 Å². The van der Waals surface area contributed by atoms with Gasteiger partial charge in [-0.1, -0.05) is 0 Å². The first kappa shape index (κ1) is 24.2. The van der Waals surface area contributed by atoms with Crippen molar-refractivity contribution >= 4 is 26.9 Å². The number of pyridine rings is 1. The van der Waals surface area contributed by atoms with Crippen molar-refractivity contribution in [2.24, 2.45) is 0 Å². The first-order valence-corrected chi connectivity index (χ1v) is 11.3. The van der Waals surface area contributed by atoms with Crippen LogP contribution in [0, 0.1) is 0 Å². The highest BCUT2D eigenvalue weighted by atomic mass is 32.2. The second-order valence-electron chi connectivity index (χ2n) is 7.00. The second-order valence-corrected chi connectivity index (χ2v) is 8.93. The molecule has 0 spiro atoms. The fraction of sp³-hybridized carbons (Fsp3) is 0.273. The molecule has 10 nitrogen and oxygen atoms in total. The number of benzene rings is 2. The van der Waals surface area contributed by atoms with Gasteiger partial charge < -0.3 is 24.3 Å². The third-order valence-corrected chi connectivity index (χ3v) is 6.89. The van der Waals surface area contributed by atoms with Gasteiger partial charge in [-0.15, -0.1) is 0 Å². The van der Waals surface area contributed by atoms with Gasteiger partial charge in [-0.05, 0) is 36.4 Å². The number of esters is 1. The Bertz CT molecular complexity index is 1320. The highest BCUT2D eigenvalue weighted by Gasteiger charge is 2.26. The topological polar surface area (TPSA) is 135 Å². The van der Waals surface area contributed by atoms with Gasteiger partial charge in [-0.25, -0.2) is 13.2 Å². The van der Waals surface area contributed by atoms with Crippen molar-refractivity contribution < 1.29 is 32.5 Å². The second kappa shape index (κ2) is 10.0. The van der Waals surface area contributed by atoms with Crippen LogP contribution in [0.25, 0.3) is 10.9 Å². The number of carbonyl (C=O) groups excluding carboxylic acids is 1. The third kappa shape index (κ3) is 5.00. The van der Waals surface area contributed by atoms with E-state index in [0.717, 1.165) is 4.31 Å². The summed E-state index contributed by atoms with van der Waals surface area (Å²) >= 11 is 0. The monoisotopic (exact) mass is 476 g/mol. The Hall–Kier alpha value is -3.41. The summed E-state index contributed by atoms with van der Waals surface area (Å²) in [4.78, 5) is 26.9. The average Bonchev–Trinajstić information content (AvgIpc) is 2.82. The number of aromatic nitrogens is 1. The highest BCUT2D eigenvalue weighted by Crippen LogP contribution is 2.31. The number of hydrogen-bond donors (Lipinski definition) is 2. The van der Waals surface area contributed by atoms with Crippen LogP contribution in [-0.2, 0) is 21.3 Å². The van der Waals surface area contributed by atoms with Crippen molar-refractivity contribution in [3.8, 4) is 11.5 Å². The molecule has 0 saturated heterocycles. The molecule has 2 aromatic carbocycles. The van der Waals surface area contributed by atoms with Crippen LogP contribution in [0.4, 0.5) is 0 Å². The zero-order valence-electron chi connectivity index (χ0n) is 18.3. The molecule has 33 heavy (non-hydrogen) atoms. The molecule has 0 bridgehead atoms. The Morgan fingerprint density at radius 3 is 2.24 bits per heavy atom.